The minimum Gasteiger partial charge on any atom is -0.464 e. The predicted molar refractivity (Wildman–Crippen MR) is 60.1 cm³/mol. The Morgan fingerprint density at radius 1 is 1.24 bits per heavy atom. The number of methoxy groups -OCH3 is 2. The van der Waals surface area contributed by atoms with Crippen LogP contribution >= 0.6 is 0 Å². The van der Waals surface area contributed by atoms with Crippen molar-refractivity contribution in [3.8, 4) is 0 Å². The van der Waals surface area contributed by atoms with Gasteiger partial charge >= 0.3 is 12.1 Å². The van der Waals surface area contributed by atoms with E-state index in [-0.39, 0.29) is 12.0 Å². The molecule has 1 saturated carbocycles. The predicted octanol–water partition coefficient (Wildman–Crippen LogP) is 1.68. The second-order valence-corrected chi connectivity index (χ2v) is 4.40. The van der Waals surface area contributed by atoms with Crippen LogP contribution in [0.25, 0.3) is 0 Å². The van der Waals surface area contributed by atoms with Crippen LogP contribution in [0.4, 0.5) is 4.79 Å². The summed E-state index contributed by atoms with van der Waals surface area (Å²) in [7, 11) is 2.65. The van der Waals surface area contributed by atoms with E-state index < -0.39 is 12.1 Å². The third-order valence-corrected chi connectivity index (χ3v) is 3.51. The first-order chi connectivity index (χ1) is 8.19. The van der Waals surface area contributed by atoms with Gasteiger partial charge in [0.1, 0.15) is 5.70 Å². The normalized spacial score (nSPS) is 27.2. The largest absolute Gasteiger partial charge is 0.464 e. The molecule has 2 rings (SSSR count). The number of ether oxygens (including phenoxy) is 2. The molecular weight excluding hydrogens is 222 g/mol. The Morgan fingerprint density at radius 3 is 2.59 bits per heavy atom. The first-order valence-corrected chi connectivity index (χ1v) is 5.86. The number of hydrogen-bond donors (Lipinski definition) is 0. The summed E-state index contributed by atoms with van der Waals surface area (Å²) in [6.07, 6.45) is 5.52. The van der Waals surface area contributed by atoms with Crippen molar-refractivity contribution in [2.45, 2.75) is 31.7 Å². The Bertz CT molecular complexity index is 364. The summed E-state index contributed by atoms with van der Waals surface area (Å²) in [5, 5.41) is 0. The maximum atomic E-state index is 11.8. The van der Waals surface area contributed by atoms with Crippen LogP contribution in [-0.2, 0) is 14.3 Å². The van der Waals surface area contributed by atoms with Crippen LogP contribution in [-0.4, -0.2) is 37.2 Å². The van der Waals surface area contributed by atoms with Crippen LogP contribution in [0, 0.1) is 5.92 Å². The van der Waals surface area contributed by atoms with Crippen molar-refractivity contribution in [1.29, 1.82) is 0 Å². The molecule has 94 valence electrons. The highest BCUT2D eigenvalue weighted by atomic mass is 16.5. The highest BCUT2D eigenvalue weighted by Crippen LogP contribution is 2.38. The van der Waals surface area contributed by atoms with Gasteiger partial charge in [-0.05, 0) is 18.9 Å². The standard InChI is InChI=1S/C12H17NO4/c1-16-11(14)10-7-8-5-3-4-6-9(8)13(10)12(15)17-2/h7-9H,3-6H2,1-2H3/t8-,9-/m0/s1. The van der Waals surface area contributed by atoms with Crippen molar-refractivity contribution in [2.24, 2.45) is 5.92 Å². The summed E-state index contributed by atoms with van der Waals surface area (Å²) in [6.45, 7) is 0. The van der Waals surface area contributed by atoms with Gasteiger partial charge in [0.15, 0.2) is 0 Å². The van der Waals surface area contributed by atoms with Crippen LogP contribution in [0.2, 0.25) is 0 Å². The zero-order chi connectivity index (χ0) is 12.4. The molecule has 1 aliphatic heterocycles. The van der Waals surface area contributed by atoms with Gasteiger partial charge in [0.2, 0.25) is 0 Å². The number of amides is 1. The van der Waals surface area contributed by atoms with Crippen molar-refractivity contribution in [2.75, 3.05) is 14.2 Å². The summed E-state index contributed by atoms with van der Waals surface area (Å²) < 4.78 is 9.45. The van der Waals surface area contributed by atoms with E-state index in [1.165, 1.54) is 19.1 Å². The molecule has 5 heteroatoms. The molecule has 1 amide bonds. The average Bonchev–Trinajstić information content (AvgIpc) is 2.76. The van der Waals surface area contributed by atoms with E-state index in [4.69, 9.17) is 9.47 Å². The highest BCUT2D eigenvalue weighted by molar-refractivity contribution is 5.93. The maximum Gasteiger partial charge on any atom is 0.414 e. The zero-order valence-electron chi connectivity index (χ0n) is 10.1. The zero-order valence-corrected chi connectivity index (χ0v) is 10.1. The molecule has 1 heterocycles. The fourth-order valence-corrected chi connectivity index (χ4v) is 2.72. The molecule has 0 spiro atoms. The molecule has 1 fully saturated rings. The van der Waals surface area contributed by atoms with E-state index >= 15 is 0 Å². The van der Waals surface area contributed by atoms with Crippen molar-refractivity contribution < 1.29 is 19.1 Å². The summed E-state index contributed by atoms with van der Waals surface area (Å²) in [4.78, 5) is 24.9. The van der Waals surface area contributed by atoms with Gasteiger partial charge in [-0.2, -0.15) is 0 Å². The minimum absolute atomic E-state index is 0.0605. The van der Waals surface area contributed by atoms with E-state index in [2.05, 4.69) is 0 Å². The lowest BCUT2D eigenvalue weighted by Gasteiger charge is -2.31. The summed E-state index contributed by atoms with van der Waals surface area (Å²) in [5.41, 5.74) is 0.330. The Morgan fingerprint density at radius 2 is 1.94 bits per heavy atom. The van der Waals surface area contributed by atoms with Crippen LogP contribution < -0.4 is 0 Å². The van der Waals surface area contributed by atoms with Crippen LogP contribution in [0.3, 0.4) is 0 Å². The SMILES string of the molecule is COC(=O)C1=C[C@@H]2CCCC[C@@H]2N1C(=O)OC. The molecule has 2 atom stereocenters. The summed E-state index contributed by atoms with van der Waals surface area (Å²) in [5.74, 6) is -0.207. The van der Waals surface area contributed by atoms with Crippen LogP contribution in [0.15, 0.2) is 11.8 Å². The monoisotopic (exact) mass is 239 g/mol. The molecule has 5 nitrogen and oxygen atoms in total. The molecule has 2 aliphatic rings. The number of hydrogen-bond acceptors (Lipinski definition) is 4. The van der Waals surface area contributed by atoms with Gasteiger partial charge in [-0.15, -0.1) is 0 Å². The van der Waals surface area contributed by atoms with E-state index in [1.807, 2.05) is 6.08 Å². The van der Waals surface area contributed by atoms with Gasteiger partial charge in [-0.25, -0.2) is 9.59 Å². The molecule has 17 heavy (non-hydrogen) atoms. The van der Waals surface area contributed by atoms with Crippen molar-refractivity contribution in [3.63, 3.8) is 0 Å². The smallest absolute Gasteiger partial charge is 0.414 e. The second-order valence-electron chi connectivity index (χ2n) is 4.40. The lowest BCUT2D eigenvalue weighted by atomic mass is 9.86. The fourth-order valence-electron chi connectivity index (χ4n) is 2.72. The third-order valence-electron chi connectivity index (χ3n) is 3.51. The van der Waals surface area contributed by atoms with E-state index in [1.54, 1.807) is 0 Å². The Hall–Kier alpha value is -1.52. The molecule has 0 aromatic rings. The van der Waals surface area contributed by atoms with Crippen molar-refractivity contribution in [3.05, 3.63) is 11.8 Å². The number of carbonyl (C=O) groups is 2. The van der Waals surface area contributed by atoms with Crippen LogP contribution in [0.1, 0.15) is 25.7 Å². The molecule has 0 unspecified atom stereocenters. The molecule has 0 N–H and O–H groups in total. The van der Waals surface area contributed by atoms with E-state index in [0.29, 0.717) is 5.70 Å². The van der Waals surface area contributed by atoms with Crippen molar-refractivity contribution >= 4 is 12.1 Å². The number of fused-ring (bicyclic) bond motifs is 1. The lowest BCUT2D eigenvalue weighted by molar-refractivity contribution is -0.137. The van der Waals surface area contributed by atoms with Gasteiger partial charge in [0.25, 0.3) is 0 Å². The molecular formula is C12H17NO4. The summed E-state index contributed by atoms with van der Waals surface area (Å²) >= 11 is 0. The Kier molecular flexibility index (Phi) is 3.36. The van der Waals surface area contributed by atoms with Gasteiger partial charge in [-0.1, -0.05) is 12.8 Å². The molecule has 0 radical (unpaired) electrons. The average molecular weight is 239 g/mol. The van der Waals surface area contributed by atoms with Gasteiger partial charge in [0, 0.05) is 12.0 Å². The Labute approximate surface area is 100 Å². The van der Waals surface area contributed by atoms with Crippen molar-refractivity contribution in [1.82, 2.24) is 4.90 Å². The van der Waals surface area contributed by atoms with Gasteiger partial charge < -0.3 is 9.47 Å². The first-order valence-electron chi connectivity index (χ1n) is 5.86. The van der Waals surface area contributed by atoms with Crippen LogP contribution in [0.5, 0.6) is 0 Å². The molecule has 0 aromatic carbocycles. The van der Waals surface area contributed by atoms with E-state index in [9.17, 15) is 9.59 Å². The summed E-state index contributed by atoms with van der Waals surface area (Å²) in [6, 6.07) is 0.0605. The molecule has 1 aliphatic carbocycles. The molecule has 0 saturated heterocycles. The third kappa shape index (κ3) is 2.01. The Balaban J connectivity index is 2.27. The topological polar surface area (TPSA) is 55.8 Å². The number of rotatable bonds is 1. The number of carbonyl (C=O) groups excluding carboxylic acids is 2. The molecule has 0 aromatic heterocycles. The highest BCUT2D eigenvalue weighted by Gasteiger charge is 2.42. The second kappa shape index (κ2) is 4.77. The maximum absolute atomic E-state index is 11.8. The first kappa shape index (κ1) is 12.0. The number of esters is 1. The van der Waals surface area contributed by atoms with Gasteiger partial charge in [0.05, 0.1) is 14.2 Å². The minimum atomic E-state index is -0.476. The fraction of sp³-hybridized carbons (Fsp3) is 0.667. The number of nitrogens with zero attached hydrogens (tertiary/aromatic N) is 1. The quantitative estimate of drug-likeness (QED) is 0.653. The molecule has 0 bridgehead atoms. The van der Waals surface area contributed by atoms with E-state index in [0.717, 1.165) is 25.7 Å². The van der Waals surface area contributed by atoms with Gasteiger partial charge in [-0.3, -0.25) is 4.90 Å². The lowest BCUT2D eigenvalue weighted by Crippen LogP contribution is -2.41.